The van der Waals surface area contributed by atoms with Gasteiger partial charge in [-0.15, -0.1) is 0 Å². The Morgan fingerprint density at radius 1 is 1.04 bits per heavy atom. The summed E-state index contributed by atoms with van der Waals surface area (Å²) in [6.45, 7) is 6.03. The van der Waals surface area contributed by atoms with Gasteiger partial charge in [-0.25, -0.2) is 4.89 Å². The Bertz CT molecular complexity index is 566. The molecule has 0 radical (unpaired) electrons. The lowest BCUT2D eigenvalue weighted by molar-refractivity contribution is -0.457. The van der Waals surface area contributed by atoms with Crippen LogP contribution < -0.4 is 0 Å². The molecule has 2 aliphatic heterocycles. The summed E-state index contributed by atoms with van der Waals surface area (Å²) in [7, 11) is 0. The Hall–Kier alpha value is -1.22. The maximum Gasteiger partial charge on any atom is 0.308 e. The SMILES string of the molecule is C[C@@H]1CCC2[C@@H](C)[C@H](OC(=O)CCC(=O)O)OC3O[C@@H](C)CCC1[C@]32OO. The van der Waals surface area contributed by atoms with E-state index in [1.165, 1.54) is 0 Å². The first-order valence-electron chi connectivity index (χ1n) is 9.84. The van der Waals surface area contributed by atoms with E-state index in [1.54, 1.807) is 0 Å². The number of carboxylic acid groups (broad SMARTS) is 1. The van der Waals surface area contributed by atoms with Crippen molar-refractivity contribution in [1.82, 2.24) is 0 Å². The highest BCUT2D eigenvalue weighted by molar-refractivity contribution is 5.76. The zero-order valence-electron chi connectivity index (χ0n) is 16.1. The Kier molecular flexibility index (Phi) is 6.10. The maximum absolute atomic E-state index is 12.0. The molecule has 3 aliphatic rings. The summed E-state index contributed by atoms with van der Waals surface area (Å²) >= 11 is 0. The summed E-state index contributed by atoms with van der Waals surface area (Å²) in [5.41, 5.74) is -0.980. The molecule has 8 nitrogen and oxygen atoms in total. The predicted octanol–water partition coefficient (Wildman–Crippen LogP) is 2.80. The first kappa shape index (κ1) is 20.5. The summed E-state index contributed by atoms with van der Waals surface area (Å²) in [6, 6.07) is 0. The molecule has 154 valence electrons. The fraction of sp³-hybridized carbons (Fsp3) is 0.895. The molecule has 2 heterocycles. The number of carbonyl (C=O) groups is 2. The quantitative estimate of drug-likeness (QED) is 0.421. The third-order valence-corrected chi connectivity index (χ3v) is 6.66. The lowest BCUT2D eigenvalue weighted by atomic mass is 9.58. The molecule has 2 N–H and O–H groups in total. The highest BCUT2D eigenvalue weighted by atomic mass is 17.1. The van der Waals surface area contributed by atoms with Crippen LogP contribution in [-0.2, 0) is 28.7 Å². The van der Waals surface area contributed by atoms with Gasteiger partial charge in [-0.1, -0.05) is 13.8 Å². The molecule has 3 rings (SSSR count). The van der Waals surface area contributed by atoms with E-state index >= 15 is 0 Å². The standard InChI is InChI=1S/C19H30O8/c1-10-4-6-14-12(3)17(25-16(22)9-8-15(20)21)26-18-19(14,27-23)13(10)7-5-11(2)24-18/h10-14,17-18,23H,4-9H2,1-3H3,(H,20,21)/t10-,11+,12-,13?,14?,17-,18?,19-/m1/s1. The lowest BCUT2D eigenvalue weighted by Crippen LogP contribution is -2.67. The van der Waals surface area contributed by atoms with Crippen molar-refractivity contribution in [1.29, 1.82) is 0 Å². The van der Waals surface area contributed by atoms with Gasteiger partial charge < -0.3 is 19.3 Å². The number of rotatable bonds is 5. The Morgan fingerprint density at radius 2 is 1.74 bits per heavy atom. The fourth-order valence-corrected chi connectivity index (χ4v) is 5.21. The van der Waals surface area contributed by atoms with E-state index in [0.29, 0.717) is 5.92 Å². The van der Waals surface area contributed by atoms with Crippen LogP contribution in [0.15, 0.2) is 0 Å². The average molecular weight is 386 g/mol. The van der Waals surface area contributed by atoms with E-state index in [-0.39, 0.29) is 36.7 Å². The Labute approximate surface area is 159 Å². The maximum atomic E-state index is 12.0. The van der Waals surface area contributed by atoms with Gasteiger partial charge in [0.05, 0.1) is 18.9 Å². The molecular formula is C19H30O8. The lowest BCUT2D eigenvalue weighted by Gasteiger charge is -2.57. The van der Waals surface area contributed by atoms with Crippen LogP contribution in [-0.4, -0.2) is 46.6 Å². The van der Waals surface area contributed by atoms with Crippen LogP contribution >= 0.6 is 0 Å². The number of hydrogen-bond donors (Lipinski definition) is 2. The van der Waals surface area contributed by atoms with Gasteiger partial charge in [-0.05, 0) is 44.4 Å². The summed E-state index contributed by atoms with van der Waals surface area (Å²) in [4.78, 5) is 27.9. The van der Waals surface area contributed by atoms with Crippen LogP contribution in [0.3, 0.4) is 0 Å². The Balaban J connectivity index is 1.84. The third-order valence-electron chi connectivity index (χ3n) is 6.66. The molecule has 0 amide bonds. The van der Waals surface area contributed by atoms with Gasteiger partial charge in [0.2, 0.25) is 6.29 Å². The van der Waals surface area contributed by atoms with Gasteiger partial charge in [0.1, 0.15) is 0 Å². The smallest absolute Gasteiger partial charge is 0.308 e. The molecule has 0 bridgehead atoms. The second-order valence-electron chi connectivity index (χ2n) is 8.32. The van der Waals surface area contributed by atoms with Gasteiger partial charge in [0.25, 0.3) is 0 Å². The van der Waals surface area contributed by atoms with Crippen molar-refractivity contribution in [2.45, 2.75) is 83.6 Å². The average Bonchev–Trinajstić information content (AvgIpc) is 2.76. The number of carboxylic acids is 1. The number of hydrogen-bond acceptors (Lipinski definition) is 7. The number of esters is 1. The van der Waals surface area contributed by atoms with Gasteiger partial charge >= 0.3 is 11.9 Å². The van der Waals surface area contributed by atoms with Crippen LogP contribution in [0.5, 0.6) is 0 Å². The van der Waals surface area contributed by atoms with E-state index in [1.807, 2.05) is 13.8 Å². The van der Waals surface area contributed by atoms with Crippen molar-refractivity contribution in [2.24, 2.45) is 23.7 Å². The highest BCUT2D eigenvalue weighted by Gasteiger charge is 2.65. The highest BCUT2D eigenvalue weighted by Crippen LogP contribution is 2.56. The molecule has 2 saturated heterocycles. The topological polar surface area (TPSA) is 112 Å². The molecular weight excluding hydrogens is 356 g/mol. The van der Waals surface area contributed by atoms with Crippen molar-refractivity contribution in [3.8, 4) is 0 Å². The predicted molar refractivity (Wildman–Crippen MR) is 92.4 cm³/mol. The van der Waals surface area contributed by atoms with E-state index in [0.717, 1.165) is 25.7 Å². The van der Waals surface area contributed by atoms with Crippen LogP contribution in [0.2, 0.25) is 0 Å². The van der Waals surface area contributed by atoms with Crippen molar-refractivity contribution in [2.75, 3.05) is 0 Å². The molecule has 1 aliphatic carbocycles. The molecule has 3 unspecified atom stereocenters. The first-order chi connectivity index (χ1) is 12.8. The fourth-order valence-electron chi connectivity index (χ4n) is 5.21. The number of ether oxygens (including phenoxy) is 3. The monoisotopic (exact) mass is 386 g/mol. The van der Waals surface area contributed by atoms with E-state index in [4.69, 9.17) is 24.2 Å². The van der Waals surface area contributed by atoms with Crippen LogP contribution in [0.4, 0.5) is 0 Å². The minimum Gasteiger partial charge on any atom is -0.481 e. The van der Waals surface area contributed by atoms with Gasteiger partial charge in [-0.3, -0.25) is 14.8 Å². The zero-order chi connectivity index (χ0) is 19.8. The minimum atomic E-state index is -1.05. The second-order valence-corrected chi connectivity index (χ2v) is 8.32. The molecule has 1 saturated carbocycles. The molecule has 0 aromatic carbocycles. The van der Waals surface area contributed by atoms with Crippen LogP contribution in [0.1, 0.15) is 59.3 Å². The van der Waals surface area contributed by atoms with Crippen molar-refractivity contribution < 1.29 is 39.1 Å². The normalized spacial score (nSPS) is 44.1. The molecule has 27 heavy (non-hydrogen) atoms. The van der Waals surface area contributed by atoms with Crippen LogP contribution in [0.25, 0.3) is 0 Å². The Morgan fingerprint density at radius 3 is 2.41 bits per heavy atom. The van der Waals surface area contributed by atoms with Gasteiger partial charge in [-0.2, -0.15) is 0 Å². The molecule has 3 fully saturated rings. The summed E-state index contributed by atoms with van der Waals surface area (Å²) in [5.74, 6) is -1.53. The molecule has 8 heteroatoms. The van der Waals surface area contributed by atoms with Crippen molar-refractivity contribution >= 4 is 11.9 Å². The number of carbonyl (C=O) groups excluding carboxylic acids is 1. The minimum absolute atomic E-state index is 0.0720. The first-order valence-corrected chi connectivity index (χ1v) is 9.84. The second kappa shape index (κ2) is 8.03. The van der Waals surface area contributed by atoms with E-state index < -0.39 is 30.1 Å². The molecule has 0 aromatic rings. The molecule has 8 atom stereocenters. The molecule has 0 spiro atoms. The molecule has 0 aromatic heterocycles. The van der Waals surface area contributed by atoms with Gasteiger partial charge in [0, 0.05) is 11.8 Å². The van der Waals surface area contributed by atoms with Crippen molar-refractivity contribution in [3.63, 3.8) is 0 Å². The summed E-state index contributed by atoms with van der Waals surface area (Å²) < 4.78 is 17.5. The van der Waals surface area contributed by atoms with Crippen molar-refractivity contribution in [3.05, 3.63) is 0 Å². The largest absolute Gasteiger partial charge is 0.481 e. The van der Waals surface area contributed by atoms with Gasteiger partial charge in [0.15, 0.2) is 11.9 Å². The van der Waals surface area contributed by atoms with E-state index in [2.05, 4.69) is 6.92 Å². The number of aliphatic carboxylic acids is 1. The zero-order valence-corrected chi connectivity index (χ0v) is 16.1. The third kappa shape index (κ3) is 3.72. The van der Waals surface area contributed by atoms with E-state index in [9.17, 15) is 14.8 Å². The van der Waals surface area contributed by atoms with Crippen LogP contribution in [0, 0.1) is 23.7 Å². The summed E-state index contributed by atoms with van der Waals surface area (Å²) in [6.07, 6.45) is 1.23. The summed E-state index contributed by atoms with van der Waals surface area (Å²) in [5, 5.41) is 18.7.